The van der Waals surface area contributed by atoms with E-state index < -0.39 is 0 Å². The lowest BCUT2D eigenvalue weighted by Crippen LogP contribution is -2.19. The van der Waals surface area contributed by atoms with Crippen molar-refractivity contribution < 1.29 is 9.53 Å². The maximum absolute atomic E-state index is 12.7. The molecule has 144 valence electrons. The normalized spacial score (nSPS) is 14.6. The van der Waals surface area contributed by atoms with E-state index in [0.717, 1.165) is 48.4 Å². The highest BCUT2D eigenvalue weighted by Gasteiger charge is 2.16. The number of carbonyl (C=O) groups is 1. The van der Waals surface area contributed by atoms with Crippen LogP contribution in [-0.4, -0.2) is 40.4 Å². The van der Waals surface area contributed by atoms with E-state index >= 15 is 0 Å². The number of nitrogens with zero attached hydrogens (tertiary/aromatic N) is 2. The molecule has 0 radical (unpaired) electrons. The van der Waals surface area contributed by atoms with Crippen LogP contribution < -0.4 is 20.9 Å². The second kappa shape index (κ2) is 8.00. The molecule has 1 aliphatic rings. The molecule has 8 heteroatoms. The molecule has 0 atom stereocenters. The smallest absolute Gasteiger partial charge is 0.258 e. The number of imidazole rings is 1. The Morgan fingerprint density at radius 3 is 3.04 bits per heavy atom. The van der Waals surface area contributed by atoms with Crippen LogP contribution in [0.3, 0.4) is 0 Å². The van der Waals surface area contributed by atoms with Crippen LogP contribution in [0, 0.1) is 0 Å². The summed E-state index contributed by atoms with van der Waals surface area (Å²) < 4.78 is 7.63. The third kappa shape index (κ3) is 3.59. The first kappa shape index (κ1) is 18.5. The summed E-state index contributed by atoms with van der Waals surface area (Å²) in [5, 5.41) is 7.35. The first-order valence-corrected chi connectivity index (χ1v) is 10.1. The highest BCUT2D eigenvalue weighted by molar-refractivity contribution is 7.40. The van der Waals surface area contributed by atoms with Gasteiger partial charge in [0.25, 0.3) is 5.91 Å². The number of ether oxygens (including phenoxy) is 1. The Bertz CT molecular complexity index is 1060. The molecule has 2 aromatic carbocycles. The molecule has 1 aromatic heterocycles. The van der Waals surface area contributed by atoms with Gasteiger partial charge in [-0.2, -0.15) is 0 Å². The summed E-state index contributed by atoms with van der Waals surface area (Å²) in [6, 6.07) is 13.5. The molecule has 28 heavy (non-hydrogen) atoms. The fraction of sp³-hybridized carbons (Fsp3) is 0.250. The van der Waals surface area contributed by atoms with Gasteiger partial charge in [-0.1, -0.05) is 18.2 Å². The third-order valence-corrected chi connectivity index (χ3v) is 5.71. The van der Waals surface area contributed by atoms with Crippen LogP contribution in [0.25, 0.3) is 11.0 Å². The maximum Gasteiger partial charge on any atom is 0.258 e. The van der Waals surface area contributed by atoms with Crippen LogP contribution in [0.1, 0.15) is 22.3 Å². The van der Waals surface area contributed by atoms with Crippen LogP contribution in [0.5, 0.6) is 5.75 Å². The average Bonchev–Trinajstić information content (AvgIpc) is 3.05. The van der Waals surface area contributed by atoms with Gasteiger partial charge >= 0.3 is 0 Å². The first-order chi connectivity index (χ1) is 13.7. The minimum Gasteiger partial charge on any atom is -0.493 e. The van der Waals surface area contributed by atoms with Crippen LogP contribution >= 0.6 is 8.35 Å². The fourth-order valence-corrected chi connectivity index (χ4v) is 4.08. The van der Waals surface area contributed by atoms with Gasteiger partial charge < -0.3 is 25.4 Å². The van der Waals surface area contributed by atoms with Crippen LogP contribution in [-0.2, 0) is 7.05 Å². The van der Waals surface area contributed by atoms with E-state index in [0.29, 0.717) is 25.3 Å². The molecule has 0 saturated heterocycles. The zero-order valence-electron chi connectivity index (χ0n) is 15.6. The number of fused-ring (bicyclic) bond motifs is 2. The summed E-state index contributed by atoms with van der Waals surface area (Å²) >= 11 is 0. The number of aryl methyl sites for hydroxylation is 1. The Hall–Kier alpha value is -2.89. The van der Waals surface area contributed by atoms with Gasteiger partial charge in [-0.15, -0.1) is 0 Å². The highest BCUT2D eigenvalue weighted by atomic mass is 31.1. The molecule has 0 aliphatic carbocycles. The van der Waals surface area contributed by atoms with Crippen molar-refractivity contribution in [3.63, 3.8) is 0 Å². The van der Waals surface area contributed by atoms with Gasteiger partial charge in [-0.05, 0) is 24.3 Å². The van der Waals surface area contributed by atoms with Gasteiger partial charge in [-0.25, -0.2) is 4.98 Å². The molecule has 0 bridgehead atoms. The van der Waals surface area contributed by atoms with E-state index in [1.165, 1.54) is 0 Å². The molecule has 7 nitrogen and oxygen atoms in total. The molecule has 2 heterocycles. The highest BCUT2D eigenvalue weighted by Crippen LogP contribution is 2.27. The van der Waals surface area contributed by atoms with Gasteiger partial charge in [0.15, 0.2) is 0 Å². The Labute approximate surface area is 164 Å². The van der Waals surface area contributed by atoms with E-state index in [2.05, 4.69) is 15.4 Å². The molecule has 0 spiro atoms. The summed E-state index contributed by atoms with van der Waals surface area (Å²) in [6.07, 6.45) is 0.800. The quantitative estimate of drug-likeness (QED) is 0.577. The molecule has 0 unspecified atom stereocenters. The number of benzene rings is 2. The summed E-state index contributed by atoms with van der Waals surface area (Å²) in [4.78, 5) is 17.2. The molecular weight excluding hydrogens is 373 g/mol. The fourth-order valence-electron chi connectivity index (χ4n) is 3.21. The third-order valence-electron chi connectivity index (χ3n) is 4.66. The number of aromatic nitrogens is 2. The van der Waals surface area contributed by atoms with Crippen molar-refractivity contribution in [3.05, 3.63) is 53.6 Å². The number of nitrogens with one attached hydrogen (secondary N) is 2. The van der Waals surface area contributed by atoms with E-state index in [-0.39, 0.29) is 5.91 Å². The average molecular weight is 395 g/mol. The van der Waals surface area contributed by atoms with Crippen molar-refractivity contribution in [2.45, 2.75) is 6.42 Å². The summed E-state index contributed by atoms with van der Waals surface area (Å²) in [7, 11) is 2.72. The van der Waals surface area contributed by atoms with Crippen LogP contribution in [0.2, 0.25) is 0 Å². The molecule has 4 rings (SSSR count). The maximum atomic E-state index is 12.7. The van der Waals surface area contributed by atoms with Crippen molar-refractivity contribution in [2.75, 3.05) is 25.0 Å². The number of rotatable bonds is 5. The van der Waals surface area contributed by atoms with Gasteiger partial charge in [0.05, 0.1) is 17.6 Å². The van der Waals surface area contributed by atoms with E-state index in [1.807, 2.05) is 54.1 Å². The number of nitrogens with two attached hydrogens (primary N) is 1. The number of para-hydroxylation sites is 1. The number of hydrogen-bond donors (Lipinski definition) is 3. The number of amides is 1. The summed E-state index contributed by atoms with van der Waals surface area (Å²) in [5.41, 5.74) is 8.93. The van der Waals surface area contributed by atoms with Gasteiger partial charge in [0.1, 0.15) is 5.75 Å². The van der Waals surface area contributed by atoms with E-state index in [9.17, 15) is 4.79 Å². The lowest BCUT2D eigenvalue weighted by molar-refractivity contribution is 0.0984. The van der Waals surface area contributed by atoms with Gasteiger partial charge in [0.2, 0.25) is 5.95 Å². The van der Waals surface area contributed by atoms with Crippen molar-refractivity contribution in [3.8, 4) is 5.75 Å². The SMILES string of the molecule is Cn1c(NCCN)nc2cc(C(=O)NP=C3CCOc4ccccc43)ccc21. The summed E-state index contributed by atoms with van der Waals surface area (Å²) in [6.45, 7) is 1.81. The topological polar surface area (TPSA) is 94.2 Å². The summed E-state index contributed by atoms with van der Waals surface area (Å²) in [5.74, 6) is 1.49. The second-order valence-corrected chi connectivity index (χ2v) is 7.49. The molecule has 1 aliphatic heterocycles. The zero-order chi connectivity index (χ0) is 19.5. The first-order valence-electron chi connectivity index (χ1n) is 9.17. The van der Waals surface area contributed by atoms with Crippen LogP contribution in [0.4, 0.5) is 5.95 Å². The van der Waals surface area contributed by atoms with Gasteiger partial charge in [0, 0.05) is 51.3 Å². The Kier molecular flexibility index (Phi) is 5.28. The van der Waals surface area contributed by atoms with Crippen molar-refractivity contribution in [1.82, 2.24) is 14.6 Å². The Morgan fingerprint density at radius 1 is 1.32 bits per heavy atom. The minimum atomic E-state index is -0.123. The van der Waals surface area contributed by atoms with Crippen molar-refractivity contribution >= 4 is 36.5 Å². The number of carbonyl (C=O) groups excluding carboxylic acids is 1. The predicted molar refractivity (Wildman–Crippen MR) is 113 cm³/mol. The lowest BCUT2D eigenvalue weighted by Gasteiger charge is -2.19. The standard InChI is InChI=1S/C20H22N5O2P/c1-25-16-7-6-13(12-15(16)23-20(25)22-10-9-21)19(26)24-28-18-8-11-27-17-5-3-2-4-14(17)18/h2-7,12H,8-11,21H2,1H3,(H,22,23)(H,24,26). The van der Waals surface area contributed by atoms with E-state index in [1.54, 1.807) is 0 Å². The number of anilines is 1. The molecule has 3 aromatic rings. The second-order valence-electron chi connectivity index (χ2n) is 6.51. The number of hydrogen-bond acceptors (Lipinski definition) is 5. The van der Waals surface area contributed by atoms with Crippen LogP contribution in [0.15, 0.2) is 42.5 Å². The molecule has 0 fully saturated rings. The molecular formula is C20H22N5O2P. The van der Waals surface area contributed by atoms with Crippen molar-refractivity contribution in [1.29, 1.82) is 0 Å². The van der Waals surface area contributed by atoms with Gasteiger partial charge in [-0.3, -0.25) is 4.79 Å². The molecule has 0 saturated carbocycles. The monoisotopic (exact) mass is 395 g/mol. The Morgan fingerprint density at radius 2 is 2.18 bits per heavy atom. The zero-order valence-corrected chi connectivity index (χ0v) is 16.5. The molecule has 1 amide bonds. The lowest BCUT2D eigenvalue weighted by atomic mass is 10.1. The Balaban J connectivity index is 1.55. The largest absolute Gasteiger partial charge is 0.493 e. The minimum absolute atomic E-state index is 0.123. The molecule has 4 N–H and O–H groups in total. The van der Waals surface area contributed by atoms with E-state index in [4.69, 9.17) is 10.5 Å². The van der Waals surface area contributed by atoms with Crippen molar-refractivity contribution in [2.24, 2.45) is 12.8 Å². The predicted octanol–water partition coefficient (Wildman–Crippen LogP) is 2.54.